The number of ketones is 1. The number of ether oxygens (including phenoxy) is 2. The van der Waals surface area contributed by atoms with Crippen molar-refractivity contribution >= 4 is 17.4 Å². The van der Waals surface area contributed by atoms with Crippen LogP contribution in [0.3, 0.4) is 0 Å². The van der Waals surface area contributed by atoms with E-state index in [2.05, 4.69) is 5.32 Å². The van der Waals surface area contributed by atoms with Crippen molar-refractivity contribution in [2.75, 3.05) is 19.5 Å². The second kappa shape index (κ2) is 8.54. The second-order valence-electron chi connectivity index (χ2n) is 6.48. The van der Waals surface area contributed by atoms with Crippen LogP contribution in [0.1, 0.15) is 34.3 Å². The van der Waals surface area contributed by atoms with Crippen molar-refractivity contribution in [3.63, 3.8) is 0 Å². The largest absolute Gasteiger partial charge is 0.497 e. The molecule has 140 valence electrons. The Morgan fingerprint density at radius 1 is 0.889 bits per heavy atom. The van der Waals surface area contributed by atoms with Crippen molar-refractivity contribution in [2.45, 2.75) is 25.7 Å². The molecule has 5 heteroatoms. The Hall–Kier alpha value is -3.08. The summed E-state index contributed by atoms with van der Waals surface area (Å²) in [5.41, 5.74) is 3.71. The molecule has 0 spiro atoms. The van der Waals surface area contributed by atoms with Gasteiger partial charge in [0.1, 0.15) is 11.5 Å². The molecule has 1 aliphatic carbocycles. The van der Waals surface area contributed by atoms with Gasteiger partial charge in [-0.2, -0.15) is 0 Å². The predicted octanol–water partition coefficient (Wildman–Crippen LogP) is 3.96. The Labute approximate surface area is 159 Å². The summed E-state index contributed by atoms with van der Waals surface area (Å²) >= 11 is 0. The standard InChI is InChI=1S/C22H23NO4/c1-26-19-12-18(13-20(14-19)27-2)23-22(25)10-9-21(24)17-8-7-15-5-3-4-6-16(15)11-17/h7-14H,3-6H2,1-2H3,(H,23,25)/b10-9+. The lowest BCUT2D eigenvalue weighted by molar-refractivity contribution is -0.111. The zero-order chi connectivity index (χ0) is 19.2. The lowest BCUT2D eigenvalue weighted by Crippen LogP contribution is -2.09. The number of anilines is 1. The number of methoxy groups -OCH3 is 2. The SMILES string of the molecule is COc1cc(NC(=O)/C=C/C(=O)c2ccc3c(c2)CCCC3)cc(OC)c1. The van der Waals surface area contributed by atoms with Crippen LogP contribution >= 0.6 is 0 Å². The molecule has 1 N–H and O–H groups in total. The van der Waals surface area contributed by atoms with Gasteiger partial charge in [-0.1, -0.05) is 12.1 Å². The number of hydrogen-bond acceptors (Lipinski definition) is 4. The number of carbonyl (C=O) groups is 2. The minimum absolute atomic E-state index is 0.179. The highest BCUT2D eigenvalue weighted by Crippen LogP contribution is 2.26. The molecule has 2 aromatic carbocycles. The second-order valence-corrected chi connectivity index (χ2v) is 6.48. The van der Waals surface area contributed by atoms with Crippen molar-refractivity contribution in [3.8, 4) is 11.5 Å². The average Bonchev–Trinajstić information content (AvgIpc) is 2.71. The van der Waals surface area contributed by atoms with Gasteiger partial charge in [0.2, 0.25) is 5.91 Å². The molecular formula is C22H23NO4. The van der Waals surface area contributed by atoms with E-state index in [1.807, 2.05) is 18.2 Å². The highest BCUT2D eigenvalue weighted by Gasteiger charge is 2.12. The highest BCUT2D eigenvalue weighted by atomic mass is 16.5. The molecule has 0 bridgehead atoms. The summed E-state index contributed by atoms with van der Waals surface area (Å²) in [6.45, 7) is 0. The molecule has 3 rings (SSSR count). The number of rotatable bonds is 6. The molecule has 0 unspecified atom stereocenters. The third-order valence-corrected chi connectivity index (χ3v) is 4.64. The third-order valence-electron chi connectivity index (χ3n) is 4.64. The molecular weight excluding hydrogens is 342 g/mol. The lowest BCUT2D eigenvalue weighted by atomic mass is 9.90. The number of benzene rings is 2. The number of carbonyl (C=O) groups excluding carboxylic acids is 2. The smallest absolute Gasteiger partial charge is 0.248 e. The maximum atomic E-state index is 12.4. The van der Waals surface area contributed by atoms with E-state index < -0.39 is 5.91 Å². The minimum atomic E-state index is -0.392. The van der Waals surface area contributed by atoms with Crippen LogP contribution in [-0.2, 0) is 17.6 Å². The Bertz CT molecular complexity index is 864. The van der Waals surface area contributed by atoms with Gasteiger partial charge in [-0.05, 0) is 49.0 Å². The Morgan fingerprint density at radius 3 is 2.22 bits per heavy atom. The van der Waals surface area contributed by atoms with Crippen LogP contribution in [0.4, 0.5) is 5.69 Å². The van der Waals surface area contributed by atoms with Crippen LogP contribution in [-0.4, -0.2) is 25.9 Å². The van der Waals surface area contributed by atoms with Crippen molar-refractivity contribution in [3.05, 3.63) is 65.2 Å². The molecule has 0 aliphatic heterocycles. The fourth-order valence-corrected chi connectivity index (χ4v) is 3.20. The normalized spacial score (nSPS) is 13.1. The fraction of sp³-hybridized carbons (Fsp3) is 0.273. The summed E-state index contributed by atoms with van der Waals surface area (Å²) in [7, 11) is 3.08. The third kappa shape index (κ3) is 4.76. The van der Waals surface area contributed by atoms with Crippen molar-refractivity contribution < 1.29 is 19.1 Å². The van der Waals surface area contributed by atoms with Crippen LogP contribution in [0.15, 0.2) is 48.6 Å². The first kappa shape index (κ1) is 18.7. The molecule has 0 radical (unpaired) electrons. The summed E-state index contributed by atoms with van der Waals surface area (Å²) in [6, 6.07) is 10.9. The molecule has 0 saturated carbocycles. The summed E-state index contributed by atoms with van der Waals surface area (Å²) < 4.78 is 10.4. The maximum Gasteiger partial charge on any atom is 0.248 e. The van der Waals surface area contributed by atoms with Gasteiger partial charge in [0.15, 0.2) is 5.78 Å². The van der Waals surface area contributed by atoms with Gasteiger partial charge in [0, 0.05) is 35.5 Å². The highest BCUT2D eigenvalue weighted by molar-refractivity contribution is 6.10. The van der Waals surface area contributed by atoms with Gasteiger partial charge >= 0.3 is 0 Å². The van der Waals surface area contributed by atoms with E-state index in [1.165, 1.54) is 43.9 Å². The molecule has 27 heavy (non-hydrogen) atoms. The molecule has 5 nitrogen and oxygen atoms in total. The predicted molar refractivity (Wildman–Crippen MR) is 105 cm³/mol. The number of allylic oxidation sites excluding steroid dienone is 1. The van der Waals surface area contributed by atoms with E-state index in [1.54, 1.807) is 18.2 Å². The Balaban J connectivity index is 1.67. The number of fused-ring (bicyclic) bond motifs is 1. The van der Waals surface area contributed by atoms with Gasteiger partial charge in [-0.25, -0.2) is 0 Å². The van der Waals surface area contributed by atoms with Gasteiger partial charge in [0.25, 0.3) is 0 Å². The molecule has 0 atom stereocenters. The van der Waals surface area contributed by atoms with Crippen LogP contribution in [0, 0.1) is 0 Å². The summed E-state index contributed by atoms with van der Waals surface area (Å²) in [6.07, 6.45) is 7.00. The van der Waals surface area contributed by atoms with Crippen LogP contribution in [0.25, 0.3) is 0 Å². The first-order valence-electron chi connectivity index (χ1n) is 8.97. The van der Waals surface area contributed by atoms with Gasteiger partial charge in [-0.3, -0.25) is 9.59 Å². The number of nitrogens with one attached hydrogen (secondary N) is 1. The molecule has 1 amide bonds. The van der Waals surface area contributed by atoms with Crippen molar-refractivity contribution in [1.82, 2.24) is 0 Å². The summed E-state index contributed by atoms with van der Waals surface area (Å²) in [5, 5.41) is 2.71. The van der Waals surface area contributed by atoms with E-state index in [0.29, 0.717) is 22.7 Å². The number of aryl methyl sites for hydroxylation is 2. The van der Waals surface area contributed by atoms with E-state index in [9.17, 15) is 9.59 Å². The Kier molecular flexibility index (Phi) is 5.91. The summed E-state index contributed by atoms with van der Waals surface area (Å²) in [5.74, 6) is 0.566. The van der Waals surface area contributed by atoms with Crippen molar-refractivity contribution in [2.24, 2.45) is 0 Å². The average molecular weight is 365 g/mol. The van der Waals surface area contributed by atoms with Crippen LogP contribution < -0.4 is 14.8 Å². The maximum absolute atomic E-state index is 12.4. The van der Waals surface area contributed by atoms with Gasteiger partial charge < -0.3 is 14.8 Å². The van der Waals surface area contributed by atoms with Gasteiger partial charge in [0.05, 0.1) is 14.2 Å². The summed E-state index contributed by atoms with van der Waals surface area (Å²) in [4.78, 5) is 24.5. The zero-order valence-electron chi connectivity index (χ0n) is 15.6. The number of hydrogen-bond donors (Lipinski definition) is 1. The zero-order valence-corrected chi connectivity index (χ0v) is 15.6. The van der Waals surface area contributed by atoms with Crippen molar-refractivity contribution in [1.29, 1.82) is 0 Å². The van der Waals surface area contributed by atoms with E-state index in [0.717, 1.165) is 19.3 Å². The molecule has 0 fully saturated rings. The fourth-order valence-electron chi connectivity index (χ4n) is 3.20. The van der Waals surface area contributed by atoms with E-state index in [-0.39, 0.29) is 5.78 Å². The van der Waals surface area contributed by atoms with E-state index in [4.69, 9.17) is 9.47 Å². The topological polar surface area (TPSA) is 64.6 Å². The monoisotopic (exact) mass is 365 g/mol. The van der Waals surface area contributed by atoms with Gasteiger partial charge in [-0.15, -0.1) is 0 Å². The van der Waals surface area contributed by atoms with Crippen LogP contribution in [0.2, 0.25) is 0 Å². The molecule has 2 aromatic rings. The minimum Gasteiger partial charge on any atom is -0.497 e. The quantitative estimate of drug-likeness (QED) is 0.622. The lowest BCUT2D eigenvalue weighted by Gasteiger charge is -2.15. The molecule has 0 heterocycles. The molecule has 0 saturated heterocycles. The Morgan fingerprint density at radius 2 is 1.56 bits per heavy atom. The number of amides is 1. The first-order valence-corrected chi connectivity index (χ1v) is 8.97. The molecule has 1 aliphatic rings. The van der Waals surface area contributed by atoms with E-state index >= 15 is 0 Å². The molecule has 0 aromatic heterocycles. The first-order chi connectivity index (χ1) is 13.1. The van der Waals surface area contributed by atoms with Crippen LogP contribution in [0.5, 0.6) is 11.5 Å².